The summed E-state index contributed by atoms with van der Waals surface area (Å²) in [5.41, 5.74) is 2.86. The summed E-state index contributed by atoms with van der Waals surface area (Å²) in [5.74, 6) is 0.340. The predicted octanol–water partition coefficient (Wildman–Crippen LogP) is 0.707. The van der Waals surface area contributed by atoms with Crippen molar-refractivity contribution < 1.29 is 5.21 Å². The maximum Gasteiger partial charge on any atom is 0.179 e. The Kier molecular flexibility index (Phi) is 1.44. The van der Waals surface area contributed by atoms with E-state index in [2.05, 4.69) is 10.5 Å². The van der Waals surface area contributed by atoms with Gasteiger partial charge in [0.15, 0.2) is 5.82 Å². The lowest BCUT2D eigenvalue weighted by atomic mass is 10.5. The maximum atomic E-state index is 8.10. The third-order valence-electron chi connectivity index (χ3n) is 0.752. The first-order chi connectivity index (χ1) is 3.93. The molecule has 1 heterocycles. The van der Waals surface area contributed by atoms with Crippen LogP contribution in [-0.4, -0.2) is 10.2 Å². The minimum Gasteiger partial charge on any atom is -0.265 e. The molecule has 8 heavy (non-hydrogen) atoms. The highest BCUT2D eigenvalue weighted by molar-refractivity contribution is 5.21. The lowest BCUT2D eigenvalue weighted by Crippen LogP contribution is -1.88. The van der Waals surface area contributed by atoms with Crippen molar-refractivity contribution in [3.63, 3.8) is 0 Å². The minimum absolute atomic E-state index is 0.340. The molecule has 0 aliphatic heterocycles. The van der Waals surface area contributed by atoms with E-state index in [0.717, 1.165) is 0 Å². The highest BCUT2D eigenvalue weighted by Crippen LogP contribution is 1.95. The van der Waals surface area contributed by atoms with Crippen LogP contribution in [0.4, 0.5) is 5.82 Å². The van der Waals surface area contributed by atoms with Crippen molar-refractivity contribution in [2.24, 2.45) is 0 Å². The summed E-state index contributed by atoms with van der Waals surface area (Å²) < 4.78 is 0. The molecule has 0 aromatic carbocycles. The fourth-order valence-electron chi connectivity index (χ4n) is 0.413. The number of nitrogens with zero attached hydrogens (tertiary/aromatic N) is 2. The fraction of sp³-hybridized carbons (Fsp3) is 0. The van der Waals surface area contributed by atoms with Crippen LogP contribution in [0.1, 0.15) is 0 Å². The second-order valence-corrected chi connectivity index (χ2v) is 1.29. The zero-order valence-corrected chi connectivity index (χ0v) is 4.15. The number of hydrogen-bond acceptors (Lipinski definition) is 2. The SMILES string of the molecule is O[N]c1ccccn1. The van der Waals surface area contributed by atoms with Gasteiger partial charge in [-0.2, -0.15) is 0 Å². The van der Waals surface area contributed by atoms with E-state index < -0.39 is 0 Å². The first kappa shape index (κ1) is 5.05. The van der Waals surface area contributed by atoms with E-state index in [9.17, 15) is 0 Å². The molecule has 0 amide bonds. The van der Waals surface area contributed by atoms with Gasteiger partial charge in [-0.15, -0.1) is 5.48 Å². The molecule has 3 heteroatoms. The van der Waals surface area contributed by atoms with E-state index in [1.54, 1.807) is 24.4 Å². The van der Waals surface area contributed by atoms with Gasteiger partial charge in [-0.05, 0) is 12.1 Å². The van der Waals surface area contributed by atoms with Crippen LogP contribution < -0.4 is 5.48 Å². The van der Waals surface area contributed by atoms with E-state index in [-0.39, 0.29) is 0 Å². The van der Waals surface area contributed by atoms with Crippen molar-refractivity contribution >= 4 is 5.82 Å². The van der Waals surface area contributed by atoms with Gasteiger partial charge in [0.25, 0.3) is 0 Å². The van der Waals surface area contributed by atoms with Crippen LogP contribution in [0.25, 0.3) is 0 Å². The molecule has 41 valence electrons. The maximum absolute atomic E-state index is 8.10. The van der Waals surface area contributed by atoms with Crippen molar-refractivity contribution in [1.82, 2.24) is 10.5 Å². The third kappa shape index (κ3) is 0.946. The van der Waals surface area contributed by atoms with Gasteiger partial charge in [0.05, 0.1) is 0 Å². The van der Waals surface area contributed by atoms with E-state index in [1.807, 2.05) is 0 Å². The van der Waals surface area contributed by atoms with Crippen LogP contribution in [0.15, 0.2) is 24.4 Å². The molecule has 0 atom stereocenters. The van der Waals surface area contributed by atoms with Gasteiger partial charge in [0.2, 0.25) is 0 Å². The number of pyridine rings is 1. The molecule has 0 fully saturated rings. The lowest BCUT2D eigenvalue weighted by Gasteiger charge is -1.87. The molecule has 0 bridgehead atoms. The Hall–Kier alpha value is -1.09. The molecule has 3 nitrogen and oxygen atoms in total. The van der Waals surface area contributed by atoms with Gasteiger partial charge in [-0.1, -0.05) is 6.07 Å². The van der Waals surface area contributed by atoms with E-state index in [4.69, 9.17) is 5.21 Å². The molecule has 0 saturated carbocycles. The topological polar surface area (TPSA) is 47.2 Å². The molecule has 0 spiro atoms. The highest BCUT2D eigenvalue weighted by atomic mass is 16.5. The molecular formula is C5H5N2O. The molecule has 1 radical (unpaired) electrons. The van der Waals surface area contributed by atoms with Crippen molar-refractivity contribution in [2.75, 3.05) is 0 Å². The van der Waals surface area contributed by atoms with Gasteiger partial charge in [0, 0.05) is 6.20 Å². The molecule has 1 aromatic rings. The Bertz CT molecular complexity index is 152. The standard InChI is InChI=1S/C5H5N2O/c8-7-5-3-1-2-4-6-5/h1-4,8H. The molecule has 0 aliphatic rings. The fourth-order valence-corrected chi connectivity index (χ4v) is 0.413. The first-order valence-electron chi connectivity index (χ1n) is 2.19. The monoisotopic (exact) mass is 109 g/mol. The molecule has 0 unspecified atom stereocenters. The quantitative estimate of drug-likeness (QED) is 0.540. The Morgan fingerprint density at radius 3 is 2.75 bits per heavy atom. The summed E-state index contributed by atoms with van der Waals surface area (Å²) in [6.07, 6.45) is 1.56. The van der Waals surface area contributed by atoms with Crippen molar-refractivity contribution in [3.05, 3.63) is 24.4 Å². The van der Waals surface area contributed by atoms with Gasteiger partial charge < -0.3 is 0 Å². The molecule has 0 saturated heterocycles. The van der Waals surface area contributed by atoms with Gasteiger partial charge in [-0.3, -0.25) is 5.21 Å². The van der Waals surface area contributed by atoms with Gasteiger partial charge in [0.1, 0.15) is 0 Å². The summed E-state index contributed by atoms with van der Waals surface area (Å²) in [6, 6.07) is 5.12. The number of hydrogen-bond donors (Lipinski definition) is 1. The predicted molar refractivity (Wildman–Crippen MR) is 27.8 cm³/mol. The van der Waals surface area contributed by atoms with Crippen LogP contribution in [0.2, 0.25) is 0 Å². The smallest absolute Gasteiger partial charge is 0.179 e. The average Bonchev–Trinajstić information content (AvgIpc) is 1.90. The van der Waals surface area contributed by atoms with E-state index in [0.29, 0.717) is 5.82 Å². The van der Waals surface area contributed by atoms with Crippen LogP contribution >= 0.6 is 0 Å². The molecule has 0 aliphatic carbocycles. The number of rotatable bonds is 1. The van der Waals surface area contributed by atoms with Crippen LogP contribution in [0.5, 0.6) is 0 Å². The van der Waals surface area contributed by atoms with Crippen LogP contribution in [0.3, 0.4) is 0 Å². The van der Waals surface area contributed by atoms with E-state index >= 15 is 0 Å². The van der Waals surface area contributed by atoms with Crippen molar-refractivity contribution in [1.29, 1.82) is 0 Å². The normalized spacial score (nSPS) is 8.62. The summed E-state index contributed by atoms with van der Waals surface area (Å²) >= 11 is 0. The molecule has 1 aromatic heterocycles. The summed E-state index contributed by atoms with van der Waals surface area (Å²) in [7, 11) is 0. The Morgan fingerprint density at radius 2 is 2.38 bits per heavy atom. The average molecular weight is 109 g/mol. The Morgan fingerprint density at radius 1 is 1.50 bits per heavy atom. The molecule has 1 rings (SSSR count). The van der Waals surface area contributed by atoms with Crippen LogP contribution in [-0.2, 0) is 0 Å². The largest absolute Gasteiger partial charge is 0.265 e. The minimum atomic E-state index is 0.340. The highest BCUT2D eigenvalue weighted by Gasteiger charge is 1.84. The second kappa shape index (κ2) is 2.28. The zero-order chi connectivity index (χ0) is 5.82. The summed E-state index contributed by atoms with van der Waals surface area (Å²) in [4.78, 5) is 3.68. The van der Waals surface area contributed by atoms with Crippen molar-refractivity contribution in [3.8, 4) is 0 Å². The summed E-state index contributed by atoms with van der Waals surface area (Å²) in [5, 5.41) is 8.10. The molecule has 1 N–H and O–H groups in total. The lowest BCUT2D eigenvalue weighted by molar-refractivity contribution is 0.207. The van der Waals surface area contributed by atoms with E-state index in [1.165, 1.54) is 0 Å². The summed E-state index contributed by atoms with van der Waals surface area (Å²) in [6.45, 7) is 0. The second-order valence-electron chi connectivity index (χ2n) is 1.29. The van der Waals surface area contributed by atoms with Crippen molar-refractivity contribution in [2.45, 2.75) is 0 Å². The molecular weight excluding hydrogens is 104 g/mol. The van der Waals surface area contributed by atoms with Gasteiger partial charge in [-0.25, -0.2) is 4.98 Å². The number of aromatic nitrogens is 1. The first-order valence-corrected chi connectivity index (χ1v) is 2.19. The van der Waals surface area contributed by atoms with Crippen LogP contribution in [0, 0.1) is 0 Å². The Labute approximate surface area is 46.9 Å². The third-order valence-corrected chi connectivity index (χ3v) is 0.752. The Balaban J connectivity index is 2.83. The zero-order valence-electron chi connectivity index (χ0n) is 4.15. The van der Waals surface area contributed by atoms with Gasteiger partial charge >= 0.3 is 0 Å².